The molecule has 3 heteroatoms. The first-order valence-corrected chi connectivity index (χ1v) is 7.71. The van der Waals surface area contributed by atoms with E-state index in [4.69, 9.17) is 11.6 Å². The van der Waals surface area contributed by atoms with E-state index in [1.807, 2.05) is 37.3 Å². The van der Waals surface area contributed by atoms with Gasteiger partial charge in [0.2, 0.25) is 0 Å². The molecule has 0 aromatic heterocycles. The van der Waals surface area contributed by atoms with Crippen molar-refractivity contribution in [3.8, 4) is 16.9 Å². The largest absolute Gasteiger partial charge is 0.506 e. The van der Waals surface area contributed by atoms with Crippen LogP contribution >= 0.6 is 11.6 Å². The van der Waals surface area contributed by atoms with Crippen molar-refractivity contribution in [2.45, 2.75) is 6.92 Å². The first-order valence-electron chi connectivity index (χ1n) is 7.33. The second kappa shape index (κ2) is 6.67. The Hall–Kier alpha value is -2.58. The fourth-order valence-corrected chi connectivity index (χ4v) is 2.53. The Bertz CT molecular complexity index is 839. The number of hydrogen-bond donors (Lipinski definition) is 1. The molecule has 0 unspecified atom stereocenters. The molecule has 2 nitrogen and oxygen atoms in total. The zero-order valence-corrected chi connectivity index (χ0v) is 13.5. The molecule has 0 aliphatic rings. The molecular weight excluding hydrogens is 306 g/mol. The lowest BCUT2D eigenvalue weighted by Gasteiger charge is -2.06. The Kier molecular flexibility index (Phi) is 4.45. The monoisotopic (exact) mass is 321 g/mol. The predicted octanol–water partition coefficient (Wildman–Crippen LogP) is 5.85. The molecule has 0 radical (unpaired) electrons. The molecule has 3 aromatic carbocycles. The van der Waals surface area contributed by atoms with Gasteiger partial charge in [0.05, 0.1) is 0 Å². The van der Waals surface area contributed by atoms with Crippen LogP contribution in [0.1, 0.15) is 12.5 Å². The van der Waals surface area contributed by atoms with E-state index in [2.05, 4.69) is 29.3 Å². The van der Waals surface area contributed by atoms with Gasteiger partial charge in [-0.05, 0) is 41.8 Å². The van der Waals surface area contributed by atoms with Crippen molar-refractivity contribution in [3.63, 3.8) is 0 Å². The second-order valence-corrected chi connectivity index (χ2v) is 5.71. The Morgan fingerprint density at radius 1 is 0.870 bits per heavy atom. The molecule has 0 aliphatic carbocycles. The van der Waals surface area contributed by atoms with Gasteiger partial charge in [-0.3, -0.25) is 0 Å². The van der Waals surface area contributed by atoms with Gasteiger partial charge in [0.1, 0.15) is 11.4 Å². The van der Waals surface area contributed by atoms with Crippen LogP contribution in [0.5, 0.6) is 5.75 Å². The van der Waals surface area contributed by atoms with Crippen LogP contribution in [0.4, 0.5) is 5.69 Å². The Morgan fingerprint density at radius 2 is 1.52 bits per heavy atom. The number of nitrogens with zero attached hydrogens (tertiary/aromatic N) is 1. The number of phenols is 1. The molecule has 0 saturated heterocycles. The maximum absolute atomic E-state index is 9.86. The van der Waals surface area contributed by atoms with Crippen molar-refractivity contribution in [2.24, 2.45) is 4.99 Å². The minimum absolute atomic E-state index is 0.120. The van der Waals surface area contributed by atoms with Crippen LogP contribution in [-0.2, 0) is 0 Å². The Morgan fingerprint density at radius 3 is 2.22 bits per heavy atom. The molecule has 0 heterocycles. The van der Waals surface area contributed by atoms with Crippen LogP contribution in [0.15, 0.2) is 77.8 Å². The van der Waals surface area contributed by atoms with Crippen molar-refractivity contribution < 1.29 is 5.11 Å². The number of benzene rings is 3. The summed E-state index contributed by atoms with van der Waals surface area (Å²) in [6, 6.07) is 23.3. The van der Waals surface area contributed by atoms with E-state index < -0.39 is 0 Å². The van der Waals surface area contributed by atoms with Gasteiger partial charge in [0.15, 0.2) is 0 Å². The van der Waals surface area contributed by atoms with Gasteiger partial charge in [-0.2, -0.15) is 0 Å². The van der Waals surface area contributed by atoms with Crippen LogP contribution in [0, 0.1) is 0 Å². The Labute approximate surface area is 140 Å². The number of phenolic OH excluding ortho intramolecular Hbond substituents is 1. The highest BCUT2D eigenvalue weighted by Crippen LogP contribution is 2.30. The maximum atomic E-state index is 9.86. The summed E-state index contributed by atoms with van der Waals surface area (Å²) in [4.78, 5) is 4.47. The maximum Gasteiger partial charge on any atom is 0.141 e. The van der Waals surface area contributed by atoms with Crippen LogP contribution < -0.4 is 0 Å². The molecular formula is C20H16ClNO. The summed E-state index contributed by atoms with van der Waals surface area (Å²) in [7, 11) is 0. The average Bonchev–Trinajstić information content (AvgIpc) is 2.59. The normalized spacial score (nSPS) is 11.5. The smallest absolute Gasteiger partial charge is 0.141 e. The van der Waals surface area contributed by atoms with Crippen LogP contribution in [-0.4, -0.2) is 10.8 Å². The SMILES string of the molecule is CC(=Nc1cc(Cl)ccc1O)c1ccc(-c2ccccc2)cc1. The highest BCUT2D eigenvalue weighted by Gasteiger charge is 2.04. The zero-order valence-electron chi connectivity index (χ0n) is 12.7. The average molecular weight is 322 g/mol. The molecule has 3 rings (SSSR count). The number of hydrogen-bond acceptors (Lipinski definition) is 2. The highest BCUT2D eigenvalue weighted by molar-refractivity contribution is 6.30. The predicted molar refractivity (Wildman–Crippen MR) is 96.9 cm³/mol. The van der Waals surface area contributed by atoms with Gasteiger partial charge in [0, 0.05) is 10.7 Å². The van der Waals surface area contributed by atoms with Gasteiger partial charge in [-0.15, -0.1) is 0 Å². The van der Waals surface area contributed by atoms with E-state index in [0.717, 1.165) is 16.8 Å². The number of aliphatic imine (C=N–C) groups is 1. The zero-order chi connectivity index (χ0) is 16.2. The summed E-state index contributed by atoms with van der Waals surface area (Å²) in [5, 5.41) is 10.4. The minimum atomic E-state index is 0.120. The van der Waals surface area contributed by atoms with Crippen LogP contribution in [0.25, 0.3) is 11.1 Å². The lowest BCUT2D eigenvalue weighted by molar-refractivity contribution is 0.477. The van der Waals surface area contributed by atoms with E-state index in [-0.39, 0.29) is 5.75 Å². The van der Waals surface area contributed by atoms with Crippen molar-refractivity contribution in [1.29, 1.82) is 0 Å². The summed E-state index contributed by atoms with van der Waals surface area (Å²) in [6.07, 6.45) is 0. The quantitative estimate of drug-likeness (QED) is 0.603. The molecule has 0 spiro atoms. The van der Waals surface area contributed by atoms with Crippen molar-refractivity contribution >= 4 is 23.0 Å². The van der Waals surface area contributed by atoms with Crippen LogP contribution in [0.2, 0.25) is 5.02 Å². The fourth-order valence-electron chi connectivity index (χ4n) is 2.37. The van der Waals surface area contributed by atoms with Crippen molar-refractivity contribution in [3.05, 3.63) is 83.4 Å². The molecule has 0 amide bonds. The highest BCUT2D eigenvalue weighted by atomic mass is 35.5. The van der Waals surface area contributed by atoms with E-state index in [9.17, 15) is 5.11 Å². The third-order valence-corrected chi connectivity index (χ3v) is 3.87. The van der Waals surface area contributed by atoms with Gasteiger partial charge < -0.3 is 5.11 Å². The summed E-state index contributed by atoms with van der Waals surface area (Å²) in [6.45, 7) is 1.91. The molecule has 0 bridgehead atoms. The Balaban J connectivity index is 1.89. The molecule has 3 aromatic rings. The van der Waals surface area contributed by atoms with Gasteiger partial charge in [-0.25, -0.2) is 4.99 Å². The second-order valence-electron chi connectivity index (χ2n) is 5.27. The van der Waals surface area contributed by atoms with E-state index in [1.165, 1.54) is 5.56 Å². The van der Waals surface area contributed by atoms with Crippen molar-refractivity contribution in [2.75, 3.05) is 0 Å². The van der Waals surface area contributed by atoms with Crippen molar-refractivity contribution in [1.82, 2.24) is 0 Å². The number of halogens is 1. The lowest BCUT2D eigenvalue weighted by Crippen LogP contribution is -1.93. The van der Waals surface area contributed by atoms with Gasteiger partial charge in [-0.1, -0.05) is 66.2 Å². The van der Waals surface area contributed by atoms with E-state index >= 15 is 0 Å². The molecule has 0 aliphatic heterocycles. The summed E-state index contributed by atoms with van der Waals surface area (Å²) < 4.78 is 0. The first-order chi connectivity index (χ1) is 11.1. The molecule has 1 N–H and O–H groups in total. The van der Waals surface area contributed by atoms with E-state index in [0.29, 0.717) is 10.7 Å². The molecule has 0 atom stereocenters. The third-order valence-electron chi connectivity index (χ3n) is 3.64. The molecule has 0 fully saturated rings. The molecule has 23 heavy (non-hydrogen) atoms. The molecule has 0 saturated carbocycles. The number of aromatic hydroxyl groups is 1. The lowest BCUT2D eigenvalue weighted by atomic mass is 10.0. The third kappa shape index (κ3) is 3.61. The van der Waals surface area contributed by atoms with Gasteiger partial charge >= 0.3 is 0 Å². The van der Waals surface area contributed by atoms with Crippen LogP contribution in [0.3, 0.4) is 0 Å². The summed E-state index contributed by atoms with van der Waals surface area (Å²) in [5.74, 6) is 0.120. The summed E-state index contributed by atoms with van der Waals surface area (Å²) >= 11 is 5.95. The first kappa shape index (κ1) is 15.3. The standard InChI is InChI=1S/C20H16ClNO/c1-14(22-19-13-18(21)11-12-20(19)23)15-7-9-17(10-8-15)16-5-3-2-4-6-16/h2-13,23H,1H3. The molecule has 114 valence electrons. The number of rotatable bonds is 3. The minimum Gasteiger partial charge on any atom is -0.506 e. The topological polar surface area (TPSA) is 32.6 Å². The fraction of sp³-hybridized carbons (Fsp3) is 0.0500. The van der Waals surface area contributed by atoms with E-state index in [1.54, 1.807) is 18.2 Å². The summed E-state index contributed by atoms with van der Waals surface area (Å²) in [5.41, 5.74) is 4.64. The van der Waals surface area contributed by atoms with Gasteiger partial charge in [0.25, 0.3) is 0 Å².